The quantitative estimate of drug-likeness (QED) is 0.817. The van der Waals surface area contributed by atoms with Crippen LogP contribution in [-0.4, -0.2) is 23.4 Å². The third-order valence-electron chi connectivity index (χ3n) is 4.65. The Balaban J connectivity index is 2.06. The molecule has 1 saturated heterocycles. The molecule has 1 fully saturated rings. The topological polar surface area (TPSA) is 38.7 Å². The van der Waals surface area contributed by atoms with E-state index in [1.54, 1.807) is 6.07 Å². The van der Waals surface area contributed by atoms with E-state index in [1.165, 1.54) is 5.56 Å². The van der Waals surface area contributed by atoms with Gasteiger partial charge in [-0.3, -0.25) is 0 Å². The SMILES string of the molecule is Cc1ccc2cc(B3OC(C)(C)C(C)(C)O3)c(O)cc2c1. The summed E-state index contributed by atoms with van der Waals surface area (Å²) in [5.41, 5.74) is 1.04. The van der Waals surface area contributed by atoms with Gasteiger partial charge in [0, 0.05) is 5.46 Å². The lowest BCUT2D eigenvalue weighted by Gasteiger charge is -2.32. The van der Waals surface area contributed by atoms with E-state index in [-0.39, 0.29) is 5.75 Å². The smallest absolute Gasteiger partial charge is 0.498 e. The van der Waals surface area contributed by atoms with Crippen molar-refractivity contribution in [1.82, 2.24) is 0 Å². The summed E-state index contributed by atoms with van der Waals surface area (Å²) in [6.07, 6.45) is 0. The molecule has 0 radical (unpaired) electrons. The molecule has 2 aromatic rings. The fourth-order valence-electron chi connectivity index (χ4n) is 2.58. The lowest BCUT2D eigenvalue weighted by molar-refractivity contribution is 0.00578. The molecule has 3 rings (SSSR count). The van der Waals surface area contributed by atoms with E-state index in [0.717, 1.165) is 10.8 Å². The average Bonchev–Trinajstić information content (AvgIpc) is 2.57. The summed E-state index contributed by atoms with van der Waals surface area (Å²) in [4.78, 5) is 0. The van der Waals surface area contributed by atoms with Crippen LogP contribution >= 0.6 is 0 Å². The zero-order valence-electron chi connectivity index (χ0n) is 13.2. The van der Waals surface area contributed by atoms with Gasteiger partial charge in [0.1, 0.15) is 5.75 Å². The van der Waals surface area contributed by atoms with E-state index >= 15 is 0 Å². The molecule has 0 aliphatic carbocycles. The fraction of sp³-hybridized carbons (Fsp3) is 0.412. The number of phenols is 1. The molecule has 0 unspecified atom stereocenters. The summed E-state index contributed by atoms with van der Waals surface area (Å²) in [6.45, 7) is 10.1. The highest BCUT2D eigenvalue weighted by Crippen LogP contribution is 2.37. The van der Waals surface area contributed by atoms with Crippen molar-refractivity contribution in [2.75, 3.05) is 0 Å². The molecule has 0 atom stereocenters. The van der Waals surface area contributed by atoms with Crippen LogP contribution in [0, 0.1) is 6.92 Å². The van der Waals surface area contributed by atoms with Crippen molar-refractivity contribution in [1.29, 1.82) is 0 Å². The minimum atomic E-state index is -0.541. The van der Waals surface area contributed by atoms with Crippen molar-refractivity contribution in [3.05, 3.63) is 35.9 Å². The Labute approximate surface area is 126 Å². The van der Waals surface area contributed by atoms with Crippen LogP contribution in [0.1, 0.15) is 33.3 Å². The predicted molar refractivity (Wildman–Crippen MR) is 86.1 cm³/mol. The van der Waals surface area contributed by atoms with Gasteiger partial charge in [-0.05, 0) is 51.5 Å². The van der Waals surface area contributed by atoms with Gasteiger partial charge in [-0.25, -0.2) is 0 Å². The minimum absolute atomic E-state index is 0.214. The first kappa shape index (κ1) is 14.4. The number of aromatic hydroxyl groups is 1. The number of hydrogen-bond donors (Lipinski definition) is 1. The maximum absolute atomic E-state index is 10.3. The Bertz CT molecular complexity index is 690. The first-order valence-electron chi connectivity index (χ1n) is 7.28. The minimum Gasteiger partial charge on any atom is -0.508 e. The Morgan fingerprint density at radius 2 is 1.52 bits per heavy atom. The van der Waals surface area contributed by atoms with E-state index in [4.69, 9.17) is 9.31 Å². The molecule has 1 N–H and O–H groups in total. The largest absolute Gasteiger partial charge is 0.508 e. The van der Waals surface area contributed by atoms with Crippen LogP contribution in [0.15, 0.2) is 30.3 Å². The molecular weight excluding hydrogens is 263 g/mol. The molecule has 3 nitrogen and oxygen atoms in total. The summed E-state index contributed by atoms with van der Waals surface area (Å²) >= 11 is 0. The molecule has 0 saturated carbocycles. The summed E-state index contributed by atoms with van der Waals surface area (Å²) in [6, 6.07) is 9.91. The van der Waals surface area contributed by atoms with Crippen molar-refractivity contribution < 1.29 is 14.4 Å². The van der Waals surface area contributed by atoms with Gasteiger partial charge in [-0.1, -0.05) is 29.8 Å². The van der Waals surface area contributed by atoms with Crippen LogP contribution in [0.25, 0.3) is 10.8 Å². The van der Waals surface area contributed by atoms with Crippen molar-refractivity contribution in [3.8, 4) is 5.75 Å². The average molecular weight is 284 g/mol. The normalized spacial score (nSPS) is 20.1. The van der Waals surface area contributed by atoms with E-state index in [2.05, 4.69) is 18.2 Å². The summed E-state index contributed by atoms with van der Waals surface area (Å²) in [5, 5.41) is 12.4. The Hall–Kier alpha value is -1.52. The zero-order chi connectivity index (χ0) is 15.4. The van der Waals surface area contributed by atoms with E-state index in [9.17, 15) is 5.11 Å². The van der Waals surface area contributed by atoms with Gasteiger partial charge in [-0.15, -0.1) is 0 Å². The second-order valence-electron chi connectivity index (χ2n) is 6.85. The van der Waals surface area contributed by atoms with Gasteiger partial charge < -0.3 is 14.4 Å². The lowest BCUT2D eigenvalue weighted by atomic mass is 9.77. The van der Waals surface area contributed by atoms with Gasteiger partial charge in [0.25, 0.3) is 0 Å². The van der Waals surface area contributed by atoms with Crippen LogP contribution in [0.4, 0.5) is 0 Å². The maximum Gasteiger partial charge on any atom is 0.498 e. The highest BCUT2D eigenvalue weighted by Gasteiger charge is 2.52. The highest BCUT2D eigenvalue weighted by atomic mass is 16.7. The molecular formula is C17H21BO3. The monoisotopic (exact) mass is 284 g/mol. The lowest BCUT2D eigenvalue weighted by Crippen LogP contribution is -2.41. The van der Waals surface area contributed by atoms with Gasteiger partial charge in [0.15, 0.2) is 0 Å². The molecule has 0 spiro atoms. The Morgan fingerprint density at radius 3 is 2.14 bits per heavy atom. The highest BCUT2D eigenvalue weighted by molar-refractivity contribution is 6.63. The molecule has 110 valence electrons. The zero-order valence-corrected chi connectivity index (χ0v) is 13.2. The Kier molecular flexibility index (Phi) is 3.08. The van der Waals surface area contributed by atoms with Crippen LogP contribution in [0.2, 0.25) is 0 Å². The van der Waals surface area contributed by atoms with Crippen LogP contribution in [-0.2, 0) is 9.31 Å². The van der Waals surface area contributed by atoms with E-state index in [0.29, 0.717) is 5.46 Å². The number of aryl methyl sites for hydroxylation is 1. The second-order valence-corrected chi connectivity index (χ2v) is 6.85. The number of hydrogen-bond acceptors (Lipinski definition) is 3. The second kappa shape index (κ2) is 4.49. The summed E-state index contributed by atoms with van der Waals surface area (Å²) in [5.74, 6) is 0.214. The maximum atomic E-state index is 10.3. The molecule has 1 aliphatic rings. The fourth-order valence-corrected chi connectivity index (χ4v) is 2.58. The number of phenolic OH excluding ortho intramolecular Hbond substituents is 1. The Morgan fingerprint density at radius 1 is 0.905 bits per heavy atom. The summed E-state index contributed by atoms with van der Waals surface area (Å²) in [7, 11) is -0.541. The number of benzene rings is 2. The standard InChI is InChI=1S/C17H21BO3/c1-11-6-7-12-9-14(15(19)10-13(12)8-11)18-20-16(2,3)17(4,5)21-18/h6-10,19H,1-5H3. The van der Waals surface area contributed by atoms with Gasteiger partial charge >= 0.3 is 7.12 Å². The van der Waals surface area contributed by atoms with Gasteiger partial charge in [0.2, 0.25) is 0 Å². The first-order chi connectivity index (χ1) is 9.69. The van der Waals surface area contributed by atoms with Crippen LogP contribution in [0.5, 0.6) is 5.75 Å². The van der Waals surface area contributed by atoms with Gasteiger partial charge in [-0.2, -0.15) is 0 Å². The molecule has 1 heterocycles. The van der Waals surface area contributed by atoms with Crippen LogP contribution < -0.4 is 5.46 Å². The van der Waals surface area contributed by atoms with Crippen molar-refractivity contribution in [2.45, 2.75) is 45.8 Å². The van der Waals surface area contributed by atoms with E-state index in [1.807, 2.05) is 40.7 Å². The number of rotatable bonds is 1. The van der Waals surface area contributed by atoms with Crippen LogP contribution in [0.3, 0.4) is 0 Å². The van der Waals surface area contributed by atoms with Crippen molar-refractivity contribution in [2.24, 2.45) is 0 Å². The van der Waals surface area contributed by atoms with Crippen molar-refractivity contribution >= 4 is 23.4 Å². The molecule has 0 aromatic heterocycles. The van der Waals surface area contributed by atoms with Gasteiger partial charge in [0.05, 0.1) is 11.2 Å². The van der Waals surface area contributed by atoms with E-state index < -0.39 is 18.3 Å². The number of fused-ring (bicyclic) bond motifs is 1. The van der Waals surface area contributed by atoms with Crippen molar-refractivity contribution in [3.63, 3.8) is 0 Å². The molecule has 21 heavy (non-hydrogen) atoms. The molecule has 4 heteroatoms. The summed E-state index contributed by atoms with van der Waals surface area (Å²) < 4.78 is 12.0. The molecule has 2 aromatic carbocycles. The predicted octanol–water partition coefficient (Wildman–Crippen LogP) is 3.15. The molecule has 1 aliphatic heterocycles. The third-order valence-corrected chi connectivity index (χ3v) is 4.65. The first-order valence-corrected chi connectivity index (χ1v) is 7.28. The molecule has 0 bridgehead atoms. The third kappa shape index (κ3) is 2.32. The molecule has 0 amide bonds.